The number of rotatable bonds is 4. The van der Waals surface area contributed by atoms with Crippen molar-refractivity contribution in [3.8, 4) is 28.3 Å². The highest BCUT2D eigenvalue weighted by Gasteiger charge is 2.24. The number of H-pyrrole nitrogens is 1. The number of nitrogens with two attached hydrogens (primary N) is 1. The number of likely N-dealkylation sites (tertiary alicyclic amines) is 1. The number of fused-ring (bicyclic) bond motifs is 1. The Bertz CT molecular complexity index is 1500. The second-order valence-corrected chi connectivity index (χ2v) is 9.27. The summed E-state index contributed by atoms with van der Waals surface area (Å²) in [6.45, 7) is 1.29. The van der Waals surface area contributed by atoms with Crippen LogP contribution in [0.4, 0.5) is 0 Å². The molecule has 1 aliphatic rings. The van der Waals surface area contributed by atoms with Gasteiger partial charge in [0, 0.05) is 75.8 Å². The Hall–Kier alpha value is -3.63. The fraction of sp³-hybridized carbons (Fsp3) is 0.148. The number of aromatic amines is 1. The molecule has 1 saturated heterocycles. The summed E-state index contributed by atoms with van der Waals surface area (Å²) in [6.07, 6.45) is 7.44. The molecule has 0 radical (unpaired) electrons. The minimum atomic E-state index is 0.00429. The number of hydrogen-bond donors (Lipinski definition) is 2. The van der Waals surface area contributed by atoms with Crippen LogP contribution in [0.3, 0.4) is 0 Å². The fourth-order valence-electron chi connectivity index (χ4n) is 4.39. The highest BCUT2D eigenvalue weighted by atomic mass is 35.5. The van der Waals surface area contributed by atoms with Crippen LogP contribution in [0.1, 0.15) is 22.3 Å². The van der Waals surface area contributed by atoms with Gasteiger partial charge in [-0.25, -0.2) is 4.98 Å². The molecule has 5 rings (SSSR count). The second-order valence-electron chi connectivity index (χ2n) is 8.48. The lowest BCUT2D eigenvalue weighted by atomic mass is 10.00. The standard InChI is InChI=1S/C27H21Cl2N5O/c28-24-8-7-20(25(29)21(24)2-1-10-30)23-14-33-26-22(23)12-18(13-32-26)16-3-5-17(6-4-16)27(35)34-11-9-19(31)15-34/h1-8,12-14,19H,9,11,15,31H2,(H,32,33)/b2-1-. The quantitative estimate of drug-likeness (QED) is 0.339. The zero-order chi connectivity index (χ0) is 24.5. The minimum absolute atomic E-state index is 0.00429. The van der Waals surface area contributed by atoms with Crippen LogP contribution >= 0.6 is 23.2 Å². The van der Waals surface area contributed by atoms with Crippen molar-refractivity contribution in [3.05, 3.63) is 82.1 Å². The maximum atomic E-state index is 12.7. The maximum Gasteiger partial charge on any atom is 0.253 e. The maximum absolute atomic E-state index is 12.7. The molecule has 2 aromatic heterocycles. The van der Waals surface area contributed by atoms with E-state index in [1.165, 1.54) is 6.08 Å². The highest BCUT2D eigenvalue weighted by molar-refractivity contribution is 6.39. The summed E-state index contributed by atoms with van der Waals surface area (Å²) in [6, 6.07) is 15.2. The van der Waals surface area contributed by atoms with Gasteiger partial charge < -0.3 is 15.6 Å². The van der Waals surface area contributed by atoms with Gasteiger partial charge in [-0.15, -0.1) is 0 Å². The first-order chi connectivity index (χ1) is 17.0. The molecule has 0 aliphatic carbocycles. The summed E-state index contributed by atoms with van der Waals surface area (Å²) >= 11 is 13.0. The molecule has 4 aromatic rings. The van der Waals surface area contributed by atoms with Gasteiger partial charge in [0.25, 0.3) is 5.91 Å². The molecular formula is C27H21Cl2N5O. The van der Waals surface area contributed by atoms with E-state index < -0.39 is 0 Å². The number of nitrogens with zero attached hydrogens (tertiary/aromatic N) is 3. The third kappa shape index (κ3) is 4.42. The third-order valence-electron chi connectivity index (χ3n) is 6.25. The number of benzene rings is 2. The zero-order valence-electron chi connectivity index (χ0n) is 18.6. The summed E-state index contributed by atoms with van der Waals surface area (Å²) in [5.74, 6) is 0.00429. The predicted octanol–water partition coefficient (Wildman–Crippen LogP) is 5.91. The Balaban J connectivity index is 1.49. The van der Waals surface area contributed by atoms with E-state index in [0.29, 0.717) is 34.3 Å². The van der Waals surface area contributed by atoms with Crippen LogP contribution in [0.2, 0.25) is 10.0 Å². The van der Waals surface area contributed by atoms with E-state index in [2.05, 4.69) is 9.97 Å². The molecule has 8 heteroatoms. The Morgan fingerprint density at radius 2 is 1.97 bits per heavy atom. The molecule has 6 nitrogen and oxygen atoms in total. The molecule has 2 aromatic carbocycles. The number of hydrogen-bond acceptors (Lipinski definition) is 4. The minimum Gasteiger partial charge on any atom is -0.346 e. The normalized spacial score (nSPS) is 15.7. The summed E-state index contributed by atoms with van der Waals surface area (Å²) in [5, 5.41) is 10.7. The van der Waals surface area contributed by atoms with E-state index >= 15 is 0 Å². The number of carbonyl (C=O) groups excluding carboxylic acids is 1. The lowest BCUT2D eigenvalue weighted by molar-refractivity contribution is 0.0791. The van der Waals surface area contributed by atoms with Gasteiger partial charge in [-0.1, -0.05) is 41.4 Å². The van der Waals surface area contributed by atoms with Crippen LogP contribution in [0.5, 0.6) is 0 Å². The van der Waals surface area contributed by atoms with Gasteiger partial charge in [0.15, 0.2) is 0 Å². The Morgan fingerprint density at radius 1 is 1.17 bits per heavy atom. The van der Waals surface area contributed by atoms with Gasteiger partial charge in [0.1, 0.15) is 5.65 Å². The number of nitriles is 1. The van der Waals surface area contributed by atoms with Crippen molar-refractivity contribution < 1.29 is 4.79 Å². The van der Waals surface area contributed by atoms with Crippen LogP contribution < -0.4 is 5.73 Å². The summed E-state index contributed by atoms with van der Waals surface area (Å²) < 4.78 is 0. The van der Waals surface area contributed by atoms with Gasteiger partial charge in [-0.2, -0.15) is 5.26 Å². The molecule has 1 atom stereocenters. The van der Waals surface area contributed by atoms with Gasteiger partial charge in [-0.3, -0.25) is 4.79 Å². The molecule has 1 aliphatic heterocycles. The van der Waals surface area contributed by atoms with Crippen LogP contribution in [0.25, 0.3) is 39.4 Å². The first-order valence-corrected chi connectivity index (χ1v) is 11.9. The van der Waals surface area contributed by atoms with Crippen molar-refractivity contribution in [3.63, 3.8) is 0 Å². The topological polar surface area (TPSA) is 98.8 Å². The number of nitrogens with one attached hydrogen (secondary N) is 1. The number of aromatic nitrogens is 2. The molecule has 35 heavy (non-hydrogen) atoms. The molecule has 1 amide bonds. The average Bonchev–Trinajstić information content (AvgIpc) is 3.50. The second kappa shape index (κ2) is 9.55. The van der Waals surface area contributed by atoms with Crippen molar-refractivity contribution in [1.82, 2.24) is 14.9 Å². The lowest BCUT2D eigenvalue weighted by Gasteiger charge is -2.16. The molecule has 174 valence electrons. The molecule has 0 spiro atoms. The number of carbonyl (C=O) groups is 1. The monoisotopic (exact) mass is 501 g/mol. The molecule has 0 saturated carbocycles. The molecule has 3 heterocycles. The van der Waals surface area contributed by atoms with Crippen LogP contribution in [-0.2, 0) is 0 Å². The first kappa shape index (κ1) is 23.1. The van der Waals surface area contributed by atoms with E-state index in [9.17, 15) is 4.79 Å². The summed E-state index contributed by atoms with van der Waals surface area (Å²) in [4.78, 5) is 22.3. The number of amides is 1. The van der Waals surface area contributed by atoms with Gasteiger partial charge >= 0.3 is 0 Å². The Morgan fingerprint density at radius 3 is 2.69 bits per heavy atom. The molecular weight excluding hydrogens is 481 g/mol. The van der Waals surface area contributed by atoms with E-state index in [0.717, 1.165) is 39.7 Å². The summed E-state index contributed by atoms with van der Waals surface area (Å²) in [7, 11) is 0. The van der Waals surface area contributed by atoms with Gasteiger partial charge in [-0.05, 0) is 42.3 Å². The van der Waals surface area contributed by atoms with Crippen molar-refractivity contribution in [1.29, 1.82) is 5.26 Å². The van der Waals surface area contributed by atoms with E-state index in [1.54, 1.807) is 23.2 Å². The van der Waals surface area contributed by atoms with Gasteiger partial charge in [0.2, 0.25) is 0 Å². The summed E-state index contributed by atoms with van der Waals surface area (Å²) in [5.41, 5.74) is 11.4. The van der Waals surface area contributed by atoms with Crippen LogP contribution in [0.15, 0.2) is 60.9 Å². The van der Waals surface area contributed by atoms with E-state index in [-0.39, 0.29) is 11.9 Å². The van der Waals surface area contributed by atoms with Crippen molar-refractivity contribution in [2.24, 2.45) is 5.73 Å². The first-order valence-electron chi connectivity index (χ1n) is 11.1. The smallest absolute Gasteiger partial charge is 0.253 e. The number of halogens is 2. The Kier molecular flexibility index (Phi) is 6.31. The molecule has 3 N–H and O–H groups in total. The number of pyridine rings is 1. The van der Waals surface area contributed by atoms with Crippen molar-refractivity contribution in [2.75, 3.05) is 13.1 Å². The molecule has 1 fully saturated rings. The molecule has 1 unspecified atom stereocenters. The highest BCUT2D eigenvalue weighted by Crippen LogP contribution is 2.39. The average molecular weight is 502 g/mol. The lowest BCUT2D eigenvalue weighted by Crippen LogP contribution is -2.31. The fourth-order valence-corrected chi connectivity index (χ4v) is 4.99. The Labute approximate surface area is 212 Å². The predicted molar refractivity (Wildman–Crippen MR) is 140 cm³/mol. The van der Waals surface area contributed by atoms with Crippen molar-refractivity contribution >= 4 is 46.2 Å². The van der Waals surface area contributed by atoms with E-state index in [4.69, 9.17) is 34.2 Å². The van der Waals surface area contributed by atoms with Crippen LogP contribution in [-0.4, -0.2) is 39.9 Å². The van der Waals surface area contributed by atoms with Gasteiger partial charge in [0.05, 0.1) is 11.1 Å². The molecule has 0 bridgehead atoms. The zero-order valence-corrected chi connectivity index (χ0v) is 20.1. The SMILES string of the molecule is N#C/C=C\c1c(Cl)ccc(-c2c[nH]c3ncc(-c4ccc(C(=O)N5CCC(N)C5)cc4)cc23)c1Cl. The largest absolute Gasteiger partial charge is 0.346 e. The van der Waals surface area contributed by atoms with Crippen LogP contribution in [0, 0.1) is 11.3 Å². The third-order valence-corrected chi connectivity index (χ3v) is 6.99. The van der Waals surface area contributed by atoms with E-state index in [1.807, 2.05) is 48.7 Å². The number of allylic oxidation sites excluding steroid dienone is 1. The van der Waals surface area contributed by atoms with Crippen molar-refractivity contribution in [2.45, 2.75) is 12.5 Å².